The van der Waals surface area contributed by atoms with Crippen LogP contribution in [0, 0.1) is 18.3 Å². The number of hydrogen-bond acceptors (Lipinski definition) is 6. The summed E-state index contributed by atoms with van der Waals surface area (Å²) in [6.45, 7) is 5.15. The minimum atomic E-state index is 0.544. The van der Waals surface area contributed by atoms with Crippen molar-refractivity contribution in [2.45, 2.75) is 20.3 Å². The second kappa shape index (κ2) is 7.65. The Morgan fingerprint density at radius 3 is 2.81 bits per heavy atom. The molecule has 4 aromatic rings. The number of aromatic nitrogens is 2. The van der Waals surface area contributed by atoms with Crippen LogP contribution in [0.3, 0.4) is 0 Å². The van der Waals surface area contributed by atoms with Gasteiger partial charge in [0.05, 0.1) is 22.8 Å². The van der Waals surface area contributed by atoms with Crippen LogP contribution in [0.25, 0.3) is 16.7 Å². The Balaban J connectivity index is 1.61. The molecule has 0 atom stereocenters. The van der Waals surface area contributed by atoms with Crippen molar-refractivity contribution in [1.29, 1.82) is 5.26 Å². The van der Waals surface area contributed by atoms with Gasteiger partial charge in [-0.3, -0.25) is 9.83 Å². The van der Waals surface area contributed by atoms with Crippen LogP contribution >= 0.6 is 0 Å². The van der Waals surface area contributed by atoms with Crippen molar-refractivity contribution in [1.82, 2.24) is 9.38 Å². The summed E-state index contributed by atoms with van der Waals surface area (Å²) in [6.07, 6.45) is 2.50. The Bertz CT molecular complexity index is 1380. The molecule has 2 aromatic carbocycles. The molecule has 5 rings (SSSR count). The lowest BCUT2D eigenvalue weighted by Crippen LogP contribution is -2.15. The molecule has 1 aliphatic rings. The summed E-state index contributed by atoms with van der Waals surface area (Å²) < 4.78 is 13.2. The van der Waals surface area contributed by atoms with E-state index >= 15 is 0 Å². The lowest BCUT2D eigenvalue weighted by atomic mass is 10.0. The Morgan fingerprint density at radius 2 is 2.00 bits per heavy atom. The lowest BCUT2D eigenvalue weighted by molar-refractivity contribution is 0.171. The minimum Gasteiger partial charge on any atom is -0.486 e. The van der Waals surface area contributed by atoms with Gasteiger partial charge in [-0.25, -0.2) is 4.98 Å². The summed E-state index contributed by atoms with van der Waals surface area (Å²) in [7, 11) is 0. The van der Waals surface area contributed by atoms with Crippen LogP contribution in [0.2, 0.25) is 0 Å². The van der Waals surface area contributed by atoms with Crippen molar-refractivity contribution in [2.75, 3.05) is 18.6 Å². The van der Waals surface area contributed by atoms with E-state index in [9.17, 15) is 5.26 Å². The van der Waals surface area contributed by atoms with Crippen molar-refractivity contribution in [3.63, 3.8) is 0 Å². The summed E-state index contributed by atoms with van der Waals surface area (Å²) >= 11 is 0. The number of ether oxygens (including phenoxy) is 2. The maximum absolute atomic E-state index is 9.80. The van der Waals surface area contributed by atoms with Crippen LogP contribution in [0.5, 0.6) is 11.5 Å². The first-order chi connectivity index (χ1) is 15.2. The molecule has 2 aromatic heterocycles. The number of benzene rings is 2. The van der Waals surface area contributed by atoms with Gasteiger partial charge in [0.1, 0.15) is 25.1 Å². The van der Waals surface area contributed by atoms with E-state index < -0.39 is 0 Å². The van der Waals surface area contributed by atoms with E-state index in [4.69, 9.17) is 14.5 Å². The number of hydrazone groups is 1. The molecule has 1 aliphatic heterocycles. The van der Waals surface area contributed by atoms with Crippen molar-refractivity contribution < 1.29 is 9.47 Å². The number of nitriles is 1. The van der Waals surface area contributed by atoms with Crippen molar-refractivity contribution >= 4 is 28.7 Å². The number of hydrogen-bond donors (Lipinski definition) is 1. The van der Waals surface area contributed by atoms with Crippen LogP contribution in [0.1, 0.15) is 29.2 Å². The maximum atomic E-state index is 9.80. The van der Waals surface area contributed by atoms with Crippen LogP contribution in [-0.4, -0.2) is 28.8 Å². The highest BCUT2D eigenvalue weighted by atomic mass is 16.6. The second-order valence-corrected chi connectivity index (χ2v) is 7.33. The van der Waals surface area contributed by atoms with Crippen molar-refractivity contribution in [3.05, 3.63) is 64.7 Å². The molecule has 1 N–H and O–H groups in total. The summed E-state index contributed by atoms with van der Waals surface area (Å²) in [5.74, 6) is 2.29. The number of anilines is 1. The SMILES string of the molecule is CCc1c(C)c(C#N)c2nc3ccccc3n2c1N/N=C/c1ccc2c(c1)OCCO2. The quantitative estimate of drug-likeness (QED) is 0.396. The molecule has 0 saturated carbocycles. The zero-order chi connectivity index (χ0) is 21.4. The van der Waals surface area contributed by atoms with Crippen LogP contribution in [0.4, 0.5) is 5.82 Å². The smallest absolute Gasteiger partial charge is 0.162 e. The van der Waals surface area contributed by atoms with E-state index in [2.05, 4.69) is 23.5 Å². The van der Waals surface area contributed by atoms with Gasteiger partial charge >= 0.3 is 0 Å². The number of fused-ring (bicyclic) bond motifs is 4. The first-order valence-electron chi connectivity index (χ1n) is 10.2. The Labute approximate surface area is 179 Å². The van der Waals surface area contributed by atoms with Gasteiger partial charge in [0, 0.05) is 0 Å². The van der Waals surface area contributed by atoms with E-state index in [1.165, 1.54) is 0 Å². The number of rotatable bonds is 4. The molecular weight excluding hydrogens is 390 g/mol. The third kappa shape index (κ3) is 3.13. The van der Waals surface area contributed by atoms with Gasteiger partial charge in [-0.05, 0) is 60.4 Å². The average molecular weight is 411 g/mol. The predicted octanol–water partition coefficient (Wildman–Crippen LogP) is 4.45. The Kier molecular flexibility index (Phi) is 4.68. The fourth-order valence-corrected chi connectivity index (χ4v) is 4.04. The lowest BCUT2D eigenvalue weighted by Gasteiger charge is -2.18. The van der Waals surface area contributed by atoms with E-state index in [0.717, 1.165) is 51.5 Å². The standard InChI is InChI=1S/C24H21N5O2/c1-3-17-15(2)18(13-25)23-27-19-6-4-5-7-20(19)29(23)24(17)28-26-14-16-8-9-21-22(12-16)31-11-10-30-21/h4-9,12,14,28H,3,10-11H2,1-2H3/b26-14+. The summed E-state index contributed by atoms with van der Waals surface area (Å²) in [6, 6.07) is 15.9. The Hall–Kier alpha value is -4.05. The fraction of sp³-hybridized carbons (Fsp3) is 0.208. The molecule has 7 nitrogen and oxygen atoms in total. The molecule has 0 bridgehead atoms. The number of para-hydroxylation sites is 2. The van der Waals surface area contributed by atoms with E-state index in [0.29, 0.717) is 24.4 Å². The third-order valence-corrected chi connectivity index (χ3v) is 5.54. The zero-order valence-electron chi connectivity index (χ0n) is 17.3. The van der Waals surface area contributed by atoms with Gasteiger partial charge in [0.2, 0.25) is 0 Å². The number of pyridine rings is 1. The summed E-state index contributed by atoms with van der Waals surface area (Å²) in [4.78, 5) is 4.72. The molecule has 0 aliphatic carbocycles. The number of nitrogens with one attached hydrogen (secondary N) is 1. The van der Waals surface area contributed by atoms with E-state index in [-0.39, 0.29) is 0 Å². The molecular formula is C24H21N5O2. The van der Waals surface area contributed by atoms with Gasteiger partial charge in [-0.15, -0.1) is 0 Å². The molecule has 0 spiro atoms. The highest BCUT2D eigenvalue weighted by Gasteiger charge is 2.19. The van der Waals surface area contributed by atoms with Crippen molar-refractivity contribution in [2.24, 2.45) is 5.10 Å². The van der Waals surface area contributed by atoms with Crippen LogP contribution in [-0.2, 0) is 6.42 Å². The topological polar surface area (TPSA) is 83.9 Å². The molecule has 0 radical (unpaired) electrons. The van der Waals surface area contributed by atoms with Gasteiger partial charge in [0.25, 0.3) is 0 Å². The van der Waals surface area contributed by atoms with Crippen LogP contribution in [0.15, 0.2) is 47.6 Å². The molecule has 0 fully saturated rings. The second-order valence-electron chi connectivity index (χ2n) is 7.33. The molecule has 7 heteroatoms. The highest BCUT2D eigenvalue weighted by Crippen LogP contribution is 2.32. The molecule has 0 saturated heterocycles. The maximum Gasteiger partial charge on any atom is 0.162 e. The van der Waals surface area contributed by atoms with Crippen molar-refractivity contribution in [3.8, 4) is 17.6 Å². The number of imidazole rings is 1. The van der Waals surface area contributed by atoms with Gasteiger partial charge in [0.15, 0.2) is 17.1 Å². The van der Waals surface area contributed by atoms with Gasteiger partial charge in [-0.2, -0.15) is 10.4 Å². The van der Waals surface area contributed by atoms with Crippen LogP contribution < -0.4 is 14.9 Å². The largest absolute Gasteiger partial charge is 0.486 e. The molecule has 154 valence electrons. The normalized spacial score (nSPS) is 13.1. The Morgan fingerprint density at radius 1 is 1.19 bits per heavy atom. The zero-order valence-corrected chi connectivity index (χ0v) is 17.3. The monoisotopic (exact) mass is 411 g/mol. The van der Waals surface area contributed by atoms with Gasteiger partial charge in [-0.1, -0.05) is 19.1 Å². The average Bonchev–Trinajstić information content (AvgIpc) is 3.18. The first-order valence-corrected chi connectivity index (χ1v) is 10.2. The number of nitrogens with zero attached hydrogens (tertiary/aromatic N) is 4. The predicted molar refractivity (Wildman–Crippen MR) is 120 cm³/mol. The highest BCUT2D eigenvalue weighted by molar-refractivity contribution is 5.87. The van der Waals surface area contributed by atoms with Gasteiger partial charge < -0.3 is 9.47 Å². The van der Waals surface area contributed by atoms with E-state index in [1.807, 2.05) is 53.8 Å². The van der Waals surface area contributed by atoms with E-state index in [1.54, 1.807) is 6.21 Å². The molecule has 3 heterocycles. The minimum absolute atomic E-state index is 0.544. The summed E-state index contributed by atoms with van der Waals surface area (Å²) in [5.41, 5.74) is 9.06. The fourth-order valence-electron chi connectivity index (χ4n) is 4.04. The molecule has 0 amide bonds. The molecule has 0 unspecified atom stereocenters. The third-order valence-electron chi connectivity index (χ3n) is 5.54. The summed E-state index contributed by atoms with van der Waals surface area (Å²) in [5, 5.41) is 14.3. The molecule has 31 heavy (non-hydrogen) atoms. The first kappa shape index (κ1) is 18.9.